The molecule has 0 aliphatic carbocycles. The van der Waals surface area contributed by atoms with E-state index in [0.717, 1.165) is 37.0 Å². The lowest BCUT2D eigenvalue weighted by Crippen LogP contribution is -2.49. The number of rotatable bonds is 12. The number of nitrogens with zero attached hydrogens (tertiary/aromatic N) is 1. The van der Waals surface area contributed by atoms with Crippen molar-refractivity contribution >= 4 is 18.5 Å². The number of carboxylic acid groups (broad SMARTS) is 2. The monoisotopic (exact) mass is 361 g/mol. The standard InChI is InChI=1S/C10H20N2O3.C7H15NO2/c1-3-4-5-9(11)8(2)12(6-7-13)10(14)15;1-2-3-4-5-6-8-7(9)10/h7-9H,3-6,11H2,1-2H3,(H,14,15);8H,2-6H2,1H3,(H,9,10). The summed E-state index contributed by atoms with van der Waals surface area (Å²) >= 11 is 0. The van der Waals surface area contributed by atoms with Crippen molar-refractivity contribution in [2.45, 2.75) is 77.8 Å². The van der Waals surface area contributed by atoms with E-state index in [9.17, 15) is 14.4 Å². The van der Waals surface area contributed by atoms with Gasteiger partial charge in [0.25, 0.3) is 0 Å². The maximum Gasteiger partial charge on any atom is 0.407 e. The third-order valence-corrected chi connectivity index (χ3v) is 3.83. The van der Waals surface area contributed by atoms with Crippen molar-refractivity contribution < 1.29 is 24.6 Å². The Morgan fingerprint density at radius 2 is 1.72 bits per heavy atom. The molecule has 0 fully saturated rings. The summed E-state index contributed by atoms with van der Waals surface area (Å²) in [6.45, 7) is 6.39. The van der Waals surface area contributed by atoms with Crippen LogP contribution in [-0.2, 0) is 4.79 Å². The lowest BCUT2D eigenvalue weighted by atomic mass is 10.0. The maximum atomic E-state index is 10.8. The van der Waals surface area contributed by atoms with Gasteiger partial charge in [0.2, 0.25) is 0 Å². The molecule has 2 unspecified atom stereocenters. The smallest absolute Gasteiger partial charge is 0.407 e. The number of amides is 2. The zero-order valence-corrected chi connectivity index (χ0v) is 15.7. The van der Waals surface area contributed by atoms with Crippen molar-refractivity contribution in [1.29, 1.82) is 0 Å². The van der Waals surface area contributed by atoms with Crippen molar-refractivity contribution in [3.63, 3.8) is 0 Å². The number of hydrogen-bond donors (Lipinski definition) is 4. The van der Waals surface area contributed by atoms with Gasteiger partial charge >= 0.3 is 12.2 Å². The number of unbranched alkanes of at least 4 members (excludes halogenated alkanes) is 4. The second-order valence-electron chi connectivity index (χ2n) is 5.94. The molecule has 0 bridgehead atoms. The zero-order chi connectivity index (χ0) is 19.7. The molecule has 8 heteroatoms. The predicted molar refractivity (Wildman–Crippen MR) is 97.9 cm³/mol. The van der Waals surface area contributed by atoms with Crippen LogP contribution < -0.4 is 11.1 Å². The van der Waals surface area contributed by atoms with Gasteiger partial charge in [0.15, 0.2) is 0 Å². The van der Waals surface area contributed by atoms with Crippen LogP contribution in [0.4, 0.5) is 9.59 Å². The summed E-state index contributed by atoms with van der Waals surface area (Å²) in [7, 11) is 0. The average Bonchev–Trinajstić information content (AvgIpc) is 2.56. The average molecular weight is 361 g/mol. The molecule has 0 rings (SSSR count). The fourth-order valence-electron chi connectivity index (χ4n) is 2.16. The minimum absolute atomic E-state index is 0.115. The van der Waals surface area contributed by atoms with Crippen LogP contribution in [0.15, 0.2) is 0 Å². The van der Waals surface area contributed by atoms with E-state index in [4.69, 9.17) is 15.9 Å². The van der Waals surface area contributed by atoms with E-state index in [-0.39, 0.29) is 18.6 Å². The number of nitrogens with two attached hydrogens (primary N) is 1. The molecule has 0 aromatic rings. The third-order valence-electron chi connectivity index (χ3n) is 3.83. The first-order valence-corrected chi connectivity index (χ1v) is 8.97. The molecule has 0 spiro atoms. The Morgan fingerprint density at radius 1 is 1.12 bits per heavy atom. The van der Waals surface area contributed by atoms with Gasteiger partial charge in [-0.05, 0) is 19.8 Å². The molecule has 0 aliphatic rings. The number of carbonyl (C=O) groups is 3. The van der Waals surface area contributed by atoms with E-state index in [0.29, 0.717) is 12.8 Å². The highest BCUT2D eigenvalue weighted by Gasteiger charge is 2.23. The summed E-state index contributed by atoms with van der Waals surface area (Å²) in [5.74, 6) is 0. The Labute approximate surface area is 150 Å². The third kappa shape index (κ3) is 15.4. The molecular weight excluding hydrogens is 326 g/mol. The van der Waals surface area contributed by atoms with Gasteiger partial charge in [-0.1, -0.05) is 46.0 Å². The molecule has 2 atom stereocenters. The topological polar surface area (TPSA) is 133 Å². The molecule has 0 aromatic heterocycles. The van der Waals surface area contributed by atoms with Gasteiger partial charge in [0.1, 0.15) is 6.29 Å². The molecule has 5 N–H and O–H groups in total. The van der Waals surface area contributed by atoms with Gasteiger partial charge in [-0.15, -0.1) is 0 Å². The summed E-state index contributed by atoms with van der Waals surface area (Å²) in [6, 6.07) is -0.528. The maximum absolute atomic E-state index is 10.8. The van der Waals surface area contributed by atoms with Crippen molar-refractivity contribution in [2.75, 3.05) is 13.1 Å². The summed E-state index contributed by atoms with van der Waals surface area (Å²) in [6.07, 6.45) is 5.81. The van der Waals surface area contributed by atoms with Crippen LogP contribution in [0.2, 0.25) is 0 Å². The summed E-state index contributed by atoms with van der Waals surface area (Å²) < 4.78 is 0. The summed E-state index contributed by atoms with van der Waals surface area (Å²) in [5.41, 5.74) is 5.85. The number of aldehydes is 1. The van der Waals surface area contributed by atoms with Gasteiger partial charge in [-0.2, -0.15) is 0 Å². The number of nitrogens with one attached hydrogen (secondary N) is 1. The molecule has 0 saturated carbocycles. The van der Waals surface area contributed by atoms with E-state index in [1.165, 1.54) is 12.8 Å². The molecule has 0 aliphatic heterocycles. The molecule has 0 saturated heterocycles. The largest absolute Gasteiger partial charge is 0.465 e. The minimum atomic E-state index is -1.10. The van der Waals surface area contributed by atoms with Crippen LogP contribution in [-0.4, -0.2) is 58.8 Å². The van der Waals surface area contributed by atoms with E-state index >= 15 is 0 Å². The van der Waals surface area contributed by atoms with Gasteiger partial charge < -0.3 is 26.1 Å². The number of carbonyl (C=O) groups excluding carboxylic acids is 1. The minimum Gasteiger partial charge on any atom is -0.465 e. The molecule has 0 radical (unpaired) electrons. The normalized spacial score (nSPS) is 12.3. The Balaban J connectivity index is 0. The molecule has 0 heterocycles. The Morgan fingerprint density at radius 3 is 2.16 bits per heavy atom. The highest BCUT2D eigenvalue weighted by Crippen LogP contribution is 2.08. The summed E-state index contributed by atoms with van der Waals surface area (Å²) in [5, 5.41) is 19.3. The highest BCUT2D eigenvalue weighted by molar-refractivity contribution is 5.69. The van der Waals surface area contributed by atoms with Crippen LogP contribution >= 0.6 is 0 Å². The van der Waals surface area contributed by atoms with Crippen LogP contribution in [0.1, 0.15) is 65.7 Å². The van der Waals surface area contributed by atoms with Crippen molar-refractivity contribution in [1.82, 2.24) is 10.2 Å². The molecule has 2 amide bonds. The molecule has 8 nitrogen and oxygen atoms in total. The van der Waals surface area contributed by atoms with Crippen LogP contribution in [0.3, 0.4) is 0 Å². The van der Waals surface area contributed by atoms with E-state index in [1.807, 2.05) is 0 Å². The Kier molecular flexibility index (Phi) is 17.3. The predicted octanol–water partition coefficient (Wildman–Crippen LogP) is 2.91. The van der Waals surface area contributed by atoms with Crippen LogP contribution in [0, 0.1) is 0 Å². The van der Waals surface area contributed by atoms with E-state index < -0.39 is 12.2 Å². The lowest BCUT2D eigenvalue weighted by molar-refractivity contribution is -0.109. The quantitative estimate of drug-likeness (QED) is 0.312. The first-order chi connectivity index (χ1) is 11.8. The van der Waals surface area contributed by atoms with Gasteiger partial charge in [-0.25, -0.2) is 9.59 Å². The Hall–Kier alpha value is -1.83. The van der Waals surface area contributed by atoms with Crippen LogP contribution in [0.5, 0.6) is 0 Å². The fourth-order valence-corrected chi connectivity index (χ4v) is 2.16. The first kappa shape index (κ1) is 25.4. The van der Waals surface area contributed by atoms with Crippen molar-refractivity contribution in [3.8, 4) is 0 Å². The van der Waals surface area contributed by atoms with Gasteiger partial charge in [0.05, 0.1) is 6.54 Å². The van der Waals surface area contributed by atoms with E-state index in [1.54, 1.807) is 6.92 Å². The number of hydrogen-bond acceptors (Lipinski definition) is 4. The van der Waals surface area contributed by atoms with Gasteiger partial charge in [-0.3, -0.25) is 4.90 Å². The SMILES string of the molecule is CCCCC(N)C(C)N(CC=O)C(=O)O.CCCCCCNC(=O)O. The molecule has 0 aromatic carbocycles. The Bertz CT molecular complexity index is 366. The van der Waals surface area contributed by atoms with Gasteiger partial charge in [0, 0.05) is 18.6 Å². The van der Waals surface area contributed by atoms with E-state index in [2.05, 4.69) is 19.2 Å². The van der Waals surface area contributed by atoms with Crippen molar-refractivity contribution in [2.24, 2.45) is 5.73 Å². The van der Waals surface area contributed by atoms with Crippen LogP contribution in [0.25, 0.3) is 0 Å². The highest BCUT2D eigenvalue weighted by atomic mass is 16.4. The molecule has 148 valence electrons. The fraction of sp³-hybridized carbons (Fsp3) is 0.824. The molecule has 25 heavy (non-hydrogen) atoms. The molecular formula is C17H35N3O5. The lowest BCUT2D eigenvalue weighted by Gasteiger charge is -2.29. The van der Waals surface area contributed by atoms with Crippen molar-refractivity contribution in [3.05, 3.63) is 0 Å². The first-order valence-electron chi connectivity index (χ1n) is 8.97. The second-order valence-corrected chi connectivity index (χ2v) is 5.94. The second kappa shape index (κ2) is 17.0. The zero-order valence-electron chi connectivity index (χ0n) is 15.7. The summed E-state index contributed by atoms with van der Waals surface area (Å²) in [4.78, 5) is 32.1.